The van der Waals surface area contributed by atoms with E-state index in [0.717, 1.165) is 31.2 Å². The van der Waals surface area contributed by atoms with Crippen LogP contribution >= 0.6 is 23.2 Å². The van der Waals surface area contributed by atoms with Crippen molar-refractivity contribution in [1.29, 1.82) is 0 Å². The predicted molar refractivity (Wildman–Crippen MR) is 91.1 cm³/mol. The molecule has 0 saturated heterocycles. The highest BCUT2D eigenvalue weighted by Crippen LogP contribution is 2.41. The average molecular weight is 329 g/mol. The molecule has 0 radical (unpaired) electrons. The van der Waals surface area contributed by atoms with Gasteiger partial charge in [0, 0.05) is 16.5 Å². The molecule has 1 N–H and O–H groups in total. The number of rotatable bonds is 2. The van der Waals surface area contributed by atoms with Crippen molar-refractivity contribution in [1.82, 2.24) is 0 Å². The van der Waals surface area contributed by atoms with Crippen LogP contribution in [0.4, 0.5) is 0 Å². The highest BCUT2D eigenvalue weighted by molar-refractivity contribution is 6.36. The van der Waals surface area contributed by atoms with Gasteiger partial charge in [0.15, 0.2) is 0 Å². The molecule has 1 aliphatic carbocycles. The van der Waals surface area contributed by atoms with Crippen molar-refractivity contribution in [3.63, 3.8) is 0 Å². The molecule has 1 nitrogen and oxygen atoms in total. The highest BCUT2D eigenvalue weighted by Gasteiger charge is 2.35. The molecular formula is C18H26Cl2O. The molecule has 0 spiro atoms. The van der Waals surface area contributed by atoms with Gasteiger partial charge in [-0.25, -0.2) is 0 Å². The Kier molecular flexibility index (Phi) is 5.28. The number of hydrogen-bond donors (Lipinski definition) is 1. The van der Waals surface area contributed by atoms with Crippen LogP contribution in [0.5, 0.6) is 0 Å². The van der Waals surface area contributed by atoms with Crippen LogP contribution in [0, 0.1) is 11.3 Å². The number of halogens is 2. The average Bonchev–Trinajstić information content (AvgIpc) is 2.56. The lowest BCUT2D eigenvalue weighted by molar-refractivity contribution is 0.0226. The first kappa shape index (κ1) is 17.1. The van der Waals surface area contributed by atoms with Gasteiger partial charge in [-0.2, -0.15) is 0 Å². The van der Waals surface area contributed by atoms with E-state index < -0.39 is 5.60 Å². The molecule has 1 aliphatic rings. The van der Waals surface area contributed by atoms with Crippen LogP contribution in [0.1, 0.15) is 58.4 Å². The third-order valence-corrected chi connectivity index (χ3v) is 5.65. The SMILES string of the molecule is CC(C)(C)C1CCCC(O)(Cc2c(Cl)cccc2Cl)CC1. The van der Waals surface area contributed by atoms with Crippen LogP contribution in [0.25, 0.3) is 0 Å². The summed E-state index contributed by atoms with van der Waals surface area (Å²) in [4.78, 5) is 0. The predicted octanol–water partition coefficient (Wildman–Crippen LogP) is 5.89. The summed E-state index contributed by atoms with van der Waals surface area (Å²) in [6.07, 6.45) is 5.56. The Bertz CT molecular complexity index is 472. The van der Waals surface area contributed by atoms with Crippen molar-refractivity contribution >= 4 is 23.2 Å². The molecule has 1 aromatic carbocycles. The van der Waals surface area contributed by atoms with Crippen molar-refractivity contribution in [2.75, 3.05) is 0 Å². The second-order valence-electron chi connectivity index (χ2n) is 7.60. The fourth-order valence-corrected chi connectivity index (χ4v) is 3.99. The van der Waals surface area contributed by atoms with E-state index in [1.54, 1.807) is 0 Å². The van der Waals surface area contributed by atoms with Gasteiger partial charge in [0.05, 0.1) is 5.60 Å². The van der Waals surface area contributed by atoms with Crippen LogP contribution < -0.4 is 0 Å². The summed E-state index contributed by atoms with van der Waals surface area (Å²) in [6.45, 7) is 6.90. The van der Waals surface area contributed by atoms with Crippen LogP contribution in [0.2, 0.25) is 10.0 Å². The summed E-state index contributed by atoms with van der Waals surface area (Å²) < 4.78 is 0. The zero-order valence-corrected chi connectivity index (χ0v) is 14.8. The summed E-state index contributed by atoms with van der Waals surface area (Å²) in [5.74, 6) is 0.674. The number of aliphatic hydroxyl groups is 1. The molecule has 0 heterocycles. The molecule has 2 unspecified atom stereocenters. The third-order valence-electron chi connectivity index (χ3n) is 4.95. The summed E-state index contributed by atoms with van der Waals surface area (Å²) in [6, 6.07) is 5.54. The first-order valence-electron chi connectivity index (χ1n) is 7.86. The van der Waals surface area contributed by atoms with Gasteiger partial charge in [-0.1, -0.05) is 56.5 Å². The normalized spacial score (nSPS) is 27.4. The Hall–Kier alpha value is -0.240. The number of benzene rings is 1. The third kappa shape index (κ3) is 4.37. The summed E-state index contributed by atoms with van der Waals surface area (Å²) in [5, 5.41) is 12.3. The van der Waals surface area contributed by atoms with E-state index in [0.29, 0.717) is 27.8 Å². The van der Waals surface area contributed by atoms with E-state index in [-0.39, 0.29) is 0 Å². The highest BCUT2D eigenvalue weighted by atomic mass is 35.5. The van der Waals surface area contributed by atoms with Gasteiger partial charge >= 0.3 is 0 Å². The second kappa shape index (κ2) is 6.48. The van der Waals surface area contributed by atoms with Gasteiger partial charge < -0.3 is 5.11 Å². The van der Waals surface area contributed by atoms with Crippen molar-refractivity contribution < 1.29 is 5.11 Å². The van der Waals surface area contributed by atoms with Crippen molar-refractivity contribution in [3.8, 4) is 0 Å². The molecular weight excluding hydrogens is 303 g/mol. The Labute approximate surface area is 138 Å². The van der Waals surface area contributed by atoms with Gasteiger partial charge in [0.25, 0.3) is 0 Å². The van der Waals surface area contributed by atoms with E-state index >= 15 is 0 Å². The molecule has 118 valence electrons. The number of hydrogen-bond acceptors (Lipinski definition) is 1. The zero-order valence-electron chi connectivity index (χ0n) is 13.3. The monoisotopic (exact) mass is 328 g/mol. The van der Waals surface area contributed by atoms with Crippen LogP contribution in [0.15, 0.2) is 18.2 Å². The lowest BCUT2D eigenvalue weighted by Crippen LogP contribution is -2.31. The zero-order chi connectivity index (χ0) is 15.7. The van der Waals surface area contributed by atoms with Crippen molar-refractivity contribution in [2.24, 2.45) is 11.3 Å². The quantitative estimate of drug-likeness (QED) is 0.670. The first-order chi connectivity index (χ1) is 9.71. The second-order valence-corrected chi connectivity index (χ2v) is 8.41. The Balaban J connectivity index is 2.13. The largest absolute Gasteiger partial charge is 0.390 e. The maximum atomic E-state index is 11.0. The molecule has 1 saturated carbocycles. The van der Waals surface area contributed by atoms with E-state index in [4.69, 9.17) is 23.2 Å². The molecule has 1 fully saturated rings. The lowest BCUT2D eigenvalue weighted by atomic mass is 9.76. The molecule has 0 amide bonds. The van der Waals surface area contributed by atoms with Gasteiger partial charge in [-0.3, -0.25) is 0 Å². The molecule has 0 aromatic heterocycles. The lowest BCUT2D eigenvalue weighted by Gasteiger charge is -2.31. The molecule has 1 aromatic rings. The summed E-state index contributed by atoms with van der Waals surface area (Å²) in [5.41, 5.74) is 0.527. The molecule has 2 rings (SSSR count). The fraction of sp³-hybridized carbons (Fsp3) is 0.667. The summed E-state index contributed by atoms with van der Waals surface area (Å²) in [7, 11) is 0. The standard InChI is InChI=1S/C18H26Cl2O/c1-17(2,3)13-6-5-10-18(21,11-9-13)12-14-15(19)7-4-8-16(14)20/h4,7-8,13,21H,5-6,9-12H2,1-3H3. The fourth-order valence-electron chi connectivity index (χ4n) is 3.46. The van der Waals surface area contributed by atoms with Gasteiger partial charge in [0.1, 0.15) is 0 Å². The van der Waals surface area contributed by atoms with Crippen molar-refractivity contribution in [3.05, 3.63) is 33.8 Å². The minimum atomic E-state index is -0.672. The van der Waals surface area contributed by atoms with E-state index in [2.05, 4.69) is 20.8 Å². The minimum absolute atomic E-state index is 0.313. The van der Waals surface area contributed by atoms with Crippen LogP contribution in [0.3, 0.4) is 0 Å². The van der Waals surface area contributed by atoms with Gasteiger partial charge in [-0.05, 0) is 54.7 Å². The molecule has 0 aliphatic heterocycles. The van der Waals surface area contributed by atoms with E-state index in [9.17, 15) is 5.11 Å². The Morgan fingerprint density at radius 1 is 1.14 bits per heavy atom. The molecule has 3 heteroatoms. The van der Waals surface area contributed by atoms with E-state index in [1.807, 2.05) is 18.2 Å². The van der Waals surface area contributed by atoms with Crippen LogP contribution in [-0.4, -0.2) is 10.7 Å². The van der Waals surface area contributed by atoms with Gasteiger partial charge in [-0.15, -0.1) is 0 Å². The maximum absolute atomic E-state index is 11.0. The van der Waals surface area contributed by atoms with Gasteiger partial charge in [0.2, 0.25) is 0 Å². The van der Waals surface area contributed by atoms with E-state index in [1.165, 1.54) is 6.42 Å². The maximum Gasteiger partial charge on any atom is 0.0689 e. The molecule has 21 heavy (non-hydrogen) atoms. The van der Waals surface area contributed by atoms with Crippen molar-refractivity contribution in [2.45, 2.75) is 64.9 Å². The first-order valence-corrected chi connectivity index (χ1v) is 8.62. The Morgan fingerprint density at radius 2 is 1.76 bits per heavy atom. The molecule has 0 bridgehead atoms. The molecule has 2 atom stereocenters. The van der Waals surface area contributed by atoms with Crippen LogP contribution in [-0.2, 0) is 6.42 Å². The Morgan fingerprint density at radius 3 is 2.33 bits per heavy atom. The smallest absolute Gasteiger partial charge is 0.0689 e. The summed E-state index contributed by atoms with van der Waals surface area (Å²) >= 11 is 12.5. The minimum Gasteiger partial charge on any atom is -0.390 e. The topological polar surface area (TPSA) is 20.2 Å².